The zero-order valence-corrected chi connectivity index (χ0v) is 20.0. The highest BCUT2D eigenvalue weighted by Crippen LogP contribution is 2.27. The van der Waals surface area contributed by atoms with Gasteiger partial charge in [-0.1, -0.05) is 25.1 Å². The van der Waals surface area contributed by atoms with Crippen molar-refractivity contribution in [2.75, 3.05) is 25.0 Å². The van der Waals surface area contributed by atoms with Crippen molar-refractivity contribution in [1.29, 1.82) is 0 Å². The molecule has 1 atom stereocenters. The molecule has 2 amide bonds. The second kappa shape index (κ2) is 10.4. The van der Waals surface area contributed by atoms with Gasteiger partial charge < -0.3 is 16.0 Å². The van der Waals surface area contributed by atoms with E-state index in [1.165, 1.54) is 42.6 Å². The molecule has 33 heavy (non-hydrogen) atoms. The fourth-order valence-electron chi connectivity index (χ4n) is 4.63. The van der Waals surface area contributed by atoms with E-state index in [9.17, 15) is 9.59 Å². The van der Waals surface area contributed by atoms with Crippen LogP contribution in [0.2, 0.25) is 0 Å². The Balaban J connectivity index is 1.32. The van der Waals surface area contributed by atoms with Crippen LogP contribution >= 0.6 is 0 Å². The number of anilines is 2. The quantitative estimate of drug-likeness (QED) is 0.598. The number of piperidine rings is 1. The first kappa shape index (κ1) is 23.3. The molecule has 2 aromatic rings. The molecule has 0 aliphatic carbocycles. The second-order valence-corrected chi connectivity index (χ2v) is 9.73. The maximum absolute atomic E-state index is 12.2. The number of amides is 2. The molecule has 0 radical (unpaired) electrons. The van der Waals surface area contributed by atoms with Crippen LogP contribution in [0.5, 0.6) is 0 Å². The number of hydrogen-bond acceptors (Lipinski definition) is 4. The average molecular weight is 449 g/mol. The van der Waals surface area contributed by atoms with E-state index in [1.807, 2.05) is 24.3 Å². The Hall–Kier alpha value is -2.86. The van der Waals surface area contributed by atoms with E-state index in [0.717, 1.165) is 29.4 Å². The van der Waals surface area contributed by atoms with Crippen LogP contribution < -0.4 is 16.0 Å². The fourth-order valence-corrected chi connectivity index (χ4v) is 4.63. The Kier molecular flexibility index (Phi) is 7.33. The SMILES string of the molecule is Cc1c(CN2CCC(C)CC2)ccc(Nc2ccc(CNC(=O)C3CNC(=O)C3)cc2)c1C. The summed E-state index contributed by atoms with van der Waals surface area (Å²) in [6, 6.07) is 12.6. The van der Waals surface area contributed by atoms with Crippen LogP contribution in [-0.2, 0) is 22.7 Å². The number of nitrogens with zero attached hydrogens (tertiary/aromatic N) is 1. The van der Waals surface area contributed by atoms with Gasteiger partial charge in [-0.3, -0.25) is 14.5 Å². The van der Waals surface area contributed by atoms with Gasteiger partial charge in [0.05, 0.1) is 5.92 Å². The molecule has 3 N–H and O–H groups in total. The number of benzene rings is 2. The predicted octanol–water partition coefficient (Wildman–Crippen LogP) is 4.03. The monoisotopic (exact) mass is 448 g/mol. The van der Waals surface area contributed by atoms with E-state index in [1.54, 1.807) is 0 Å². The highest BCUT2D eigenvalue weighted by Gasteiger charge is 2.27. The normalized spacial score (nSPS) is 19.4. The molecule has 2 fully saturated rings. The molecule has 4 rings (SSSR count). The van der Waals surface area contributed by atoms with Gasteiger partial charge in [0.1, 0.15) is 0 Å². The van der Waals surface area contributed by atoms with E-state index >= 15 is 0 Å². The Bertz CT molecular complexity index is 994. The largest absolute Gasteiger partial charge is 0.355 e. The molecule has 6 nitrogen and oxygen atoms in total. The lowest BCUT2D eigenvalue weighted by Gasteiger charge is -2.31. The third-order valence-corrected chi connectivity index (χ3v) is 7.22. The Morgan fingerprint density at radius 3 is 2.45 bits per heavy atom. The molecule has 2 aromatic carbocycles. The van der Waals surface area contributed by atoms with E-state index in [-0.39, 0.29) is 24.2 Å². The first-order valence-corrected chi connectivity index (χ1v) is 12.1. The van der Waals surface area contributed by atoms with Gasteiger partial charge in [-0.05, 0) is 86.1 Å². The van der Waals surface area contributed by atoms with Crippen molar-refractivity contribution in [3.8, 4) is 0 Å². The molecule has 2 aliphatic rings. The van der Waals surface area contributed by atoms with Gasteiger partial charge in [-0.25, -0.2) is 0 Å². The van der Waals surface area contributed by atoms with Crippen LogP contribution in [0.3, 0.4) is 0 Å². The molecule has 176 valence electrons. The zero-order valence-electron chi connectivity index (χ0n) is 20.0. The lowest BCUT2D eigenvalue weighted by Crippen LogP contribution is -2.32. The Labute approximate surface area is 197 Å². The summed E-state index contributed by atoms with van der Waals surface area (Å²) < 4.78 is 0. The molecule has 0 bridgehead atoms. The van der Waals surface area contributed by atoms with Crippen LogP contribution in [0.25, 0.3) is 0 Å². The number of likely N-dealkylation sites (tertiary alicyclic amines) is 1. The second-order valence-electron chi connectivity index (χ2n) is 9.73. The molecule has 1 unspecified atom stereocenters. The average Bonchev–Trinajstić information content (AvgIpc) is 3.26. The van der Waals surface area contributed by atoms with E-state index < -0.39 is 0 Å². The molecule has 0 aromatic heterocycles. The molecule has 6 heteroatoms. The standard InChI is InChI=1S/C27H36N4O2/c1-18-10-12-31(13-11-18)17-22-6-9-25(20(3)19(22)2)30-24-7-4-21(5-8-24)15-29-27(33)23-14-26(32)28-16-23/h4-9,18,23,30H,10-17H2,1-3H3,(H,28,32)(H,29,33). The summed E-state index contributed by atoms with van der Waals surface area (Å²) in [7, 11) is 0. The van der Waals surface area contributed by atoms with Crippen molar-refractivity contribution in [2.24, 2.45) is 11.8 Å². The van der Waals surface area contributed by atoms with Crippen molar-refractivity contribution in [2.45, 2.75) is 53.1 Å². The van der Waals surface area contributed by atoms with Crippen LogP contribution in [0.1, 0.15) is 48.4 Å². The van der Waals surface area contributed by atoms with Crippen molar-refractivity contribution in [3.63, 3.8) is 0 Å². The van der Waals surface area contributed by atoms with Gasteiger partial charge in [0.15, 0.2) is 0 Å². The van der Waals surface area contributed by atoms with E-state index in [4.69, 9.17) is 0 Å². The number of rotatable bonds is 7. The maximum Gasteiger partial charge on any atom is 0.225 e. The van der Waals surface area contributed by atoms with Gasteiger partial charge in [0.2, 0.25) is 11.8 Å². The summed E-state index contributed by atoms with van der Waals surface area (Å²) in [5.41, 5.74) is 7.24. The highest BCUT2D eigenvalue weighted by atomic mass is 16.2. The fraction of sp³-hybridized carbons (Fsp3) is 0.481. The number of nitrogens with one attached hydrogen (secondary N) is 3. The third kappa shape index (κ3) is 5.93. The van der Waals surface area contributed by atoms with Crippen molar-refractivity contribution >= 4 is 23.2 Å². The van der Waals surface area contributed by atoms with Crippen molar-refractivity contribution < 1.29 is 9.59 Å². The molecular weight excluding hydrogens is 412 g/mol. The Morgan fingerprint density at radius 1 is 1.06 bits per heavy atom. The smallest absolute Gasteiger partial charge is 0.225 e. The summed E-state index contributed by atoms with van der Waals surface area (Å²) in [4.78, 5) is 26.1. The van der Waals surface area contributed by atoms with Gasteiger partial charge in [-0.15, -0.1) is 0 Å². The van der Waals surface area contributed by atoms with E-state index in [0.29, 0.717) is 13.1 Å². The van der Waals surface area contributed by atoms with Crippen LogP contribution in [0, 0.1) is 25.7 Å². The maximum atomic E-state index is 12.2. The zero-order chi connectivity index (χ0) is 23.4. The predicted molar refractivity (Wildman–Crippen MR) is 132 cm³/mol. The minimum atomic E-state index is -0.258. The van der Waals surface area contributed by atoms with Crippen molar-refractivity contribution in [3.05, 3.63) is 58.7 Å². The third-order valence-electron chi connectivity index (χ3n) is 7.22. The van der Waals surface area contributed by atoms with Gasteiger partial charge >= 0.3 is 0 Å². The first-order chi connectivity index (χ1) is 15.9. The first-order valence-electron chi connectivity index (χ1n) is 12.1. The molecular formula is C27H36N4O2. The van der Waals surface area contributed by atoms with Gasteiger partial charge in [0.25, 0.3) is 0 Å². The van der Waals surface area contributed by atoms with Gasteiger partial charge in [0, 0.05) is 37.4 Å². The summed E-state index contributed by atoms with van der Waals surface area (Å²) in [5, 5.41) is 9.18. The molecule has 0 spiro atoms. The number of carbonyl (C=O) groups excluding carboxylic acids is 2. The van der Waals surface area contributed by atoms with E-state index in [2.05, 4.69) is 53.8 Å². The van der Waals surface area contributed by atoms with Crippen LogP contribution in [-0.4, -0.2) is 36.3 Å². The van der Waals surface area contributed by atoms with Crippen LogP contribution in [0.4, 0.5) is 11.4 Å². The molecule has 2 aliphatic heterocycles. The highest BCUT2D eigenvalue weighted by molar-refractivity contribution is 5.89. The lowest BCUT2D eigenvalue weighted by atomic mass is 9.97. The topological polar surface area (TPSA) is 73.5 Å². The number of carbonyl (C=O) groups is 2. The summed E-state index contributed by atoms with van der Waals surface area (Å²) >= 11 is 0. The summed E-state index contributed by atoms with van der Waals surface area (Å²) in [6.45, 7) is 11.1. The summed E-state index contributed by atoms with van der Waals surface area (Å²) in [6.07, 6.45) is 2.88. The minimum Gasteiger partial charge on any atom is -0.355 e. The molecule has 2 saturated heterocycles. The number of hydrogen-bond donors (Lipinski definition) is 3. The lowest BCUT2D eigenvalue weighted by molar-refractivity contribution is -0.126. The Morgan fingerprint density at radius 2 is 1.79 bits per heavy atom. The molecule has 2 heterocycles. The minimum absolute atomic E-state index is 0.0507. The van der Waals surface area contributed by atoms with Crippen molar-refractivity contribution in [1.82, 2.24) is 15.5 Å². The summed E-state index contributed by atoms with van der Waals surface area (Å²) in [5.74, 6) is 0.478. The van der Waals surface area contributed by atoms with Crippen LogP contribution in [0.15, 0.2) is 36.4 Å². The molecule has 0 saturated carbocycles. The van der Waals surface area contributed by atoms with Gasteiger partial charge in [-0.2, -0.15) is 0 Å².